The van der Waals surface area contributed by atoms with Gasteiger partial charge in [0.25, 0.3) is 5.91 Å². The highest BCUT2D eigenvalue weighted by molar-refractivity contribution is 5.95. The third kappa shape index (κ3) is 4.92. The summed E-state index contributed by atoms with van der Waals surface area (Å²) in [5.74, 6) is -0.486. The molecule has 6 aromatic rings. The van der Waals surface area contributed by atoms with Crippen LogP contribution in [0.4, 0.5) is 0 Å². The number of carbonyl (C=O) groups is 2. The molecule has 7 nitrogen and oxygen atoms in total. The highest BCUT2D eigenvalue weighted by atomic mass is 16.4. The minimum atomic E-state index is -0.987. The van der Waals surface area contributed by atoms with Crippen molar-refractivity contribution >= 4 is 28.3 Å². The van der Waals surface area contributed by atoms with Gasteiger partial charge in [0.2, 0.25) is 0 Å². The number of benzene rings is 3. The average molecular weight is 527 g/mol. The van der Waals surface area contributed by atoms with Gasteiger partial charge in [0.15, 0.2) is 0 Å². The molecule has 0 saturated carbocycles. The summed E-state index contributed by atoms with van der Waals surface area (Å²) in [5.41, 5.74) is 6.22. The summed E-state index contributed by atoms with van der Waals surface area (Å²) in [6.07, 6.45) is 4.12. The summed E-state index contributed by atoms with van der Waals surface area (Å²) in [6.45, 7) is 1.88. The number of carbonyl (C=O) groups excluding carboxylic acids is 1. The van der Waals surface area contributed by atoms with Crippen LogP contribution in [0.15, 0.2) is 109 Å². The molecule has 0 saturated heterocycles. The Hall–Kier alpha value is -5.30. The molecule has 196 valence electrons. The normalized spacial score (nSPS) is 11.9. The first-order valence-corrected chi connectivity index (χ1v) is 13.0. The minimum Gasteiger partial charge on any atom is -0.478 e. The van der Waals surface area contributed by atoms with Crippen molar-refractivity contribution in [3.63, 3.8) is 0 Å². The molecule has 3 aromatic heterocycles. The van der Waals surface area contributed by atoms with E-state index >= 15 is 0 Å². The quantitative estimate of drug-likeness (QED) is 0.253. The maximum absolute atomic E-state index is 13.8. The molecule has 0 spiro atoms. The minimum absolute atomic E-state index is 0.201. The number of aromatic carboxylic acids is 1. The van der Waals surface area contributed by atoms with E-state index in [1.165, 1.54) is 0 Å². The fraction of sp³-hybridized carbons (Fsp3) is 0.0909. The first-order chi connectivity index (χ1) is 19.5. The molecule has 1 atom stereocenters. The Labute approximate surface area is 230 Å². The SMILES string of the molecule is C[C@H](NC(=O)c1cc(-c2ccccc2)cc2cnc(Cc3ccc4ncccc4c3)n12)c1ccc(C(=O)O)cc1. The molecule has 3 aromatic carbocycles. The second kappa shape index (κ2) is 10.5. The number of rotatable bonds is 7. The molecule has 1 amide bonds. The Bertz CT molecular complexity index is 1860. The number of carboxylic acids is 1. The lowest BCUT2D eigenvalue weighted by Crippen LogP contribution is -2.28. The molecule has 6 rings (SSSR count). The van der Waals surface area contributed by atoms with Crippen molar-refractivity contribution in [3.05, 3.63) is 138 Å². The molecule has 2 N–H and O–H groups in total. The van der Waals surface area contributed by atoms with Crippen molar-refractivity contribution in [2.24, 2.45) is 0 Å². The molecule has 0 radical (unpaired) electrons. The van der Waals surface area contributed by atoms with Gasteiger partial charge in [-0.15, -0.1) is 0 Å². The van der Waals surface area contributed by atoms with Crippen LogP contribution in [0.1, 0.15) is 50.8 Å². The summed E-state index contributed by atoms with van der Waals surface area (Å²) in [6, 6.07) is 30.2. The number of carboxylic acid groups (broad SMARTS) is 1. The third-order valence-electron chi connectivity index (χ3n) is 7.07. The highest BCUT2D eigenvalue weighted by Gasteiger charge is 2.19. The maximum Gasteiger partial charge on any atom is 0.335 e. The van der Waals surface area contributed by atoms with Crippen molar-refractivity contribution < 1.29 is 14.7 Å². The molecule has 0 bridgehead atoms. The van der Waals surface area contributed by atoms with Crippen molar-refractivity contribution in [2.45, 2.75) is 19.4 Å². The van der Waals surface area contributed by atoms with E-state index in [4.69, 9.17) is 4.98 Å². The van der Waals surface area contributed by atoms with E-state index < -0.39 is 5.97 Å². The number of hydrogen-bond acceptors (Lipinski definition) is 4. The Morgan fingerprint density at radius 2 is 1.68 bits per heavy atom. The fourth-order valence-electron chi connectivity index (χ4n) is 4.97. The van der Waals surface area contributed by atoms with Crippen LogP contribution in [0, 0.1) is 0 Å². The summed E-state index contributed by atoms with van der Waals surface area (Å²) in [4.78, 5) is 34.2. The van der Waals surface area contributed by atoms with Gasteiger partial charge >= 0.3 is 5.97 Å². The molecule has 3 heterocycles. The molecule has 40 heavy (non-hydrogen) atoms. The van der Waals surface area contributed by atoms with Crippen LogP contribution in [0.5, 0.6) is 0 Å². The Balaban J connectivity index is 1.39. The van der Waals surface area contributed by atoms with Gasteiger partial charge in [-0.05, 0) is 71.6 Å². The van der Waals surface area contributed by atoms with Crippen molar-refractivity contribution in [3.8, 4) is 11.1 Å². The lowest BCUT2D eigenvalue weighted by molar-refractivity contribution is 0.0696. The average Bonchev–Trinajstić information content (AvgIpc) is 3.39. The summed E-state index contributed by atoms with van der Waals surface area (Å²) < 4.78 is 1.91. The summed E-state index contributed by atoms with van der Waals surface area (Å²) >= 11 is 0. The van der Waals surface area contributed by atoms with E-state index in [1.807, 2.05) is 78.1 Å². The van der Waals surface area contributed by atoms with Crippen LogP contribution in [0.2, 0.25) is 0 Å². The standard InChI is InChI=1S/C33H26N4O3/c1-21(23-10-12-25(13-11-23)33(39)40)36-32(38)30-19-27(24-6-3-2-4-7-24)18-28-20-35-31(37(28)30)17-22-9-14-29-26(16-22)8-5-15-34-29/h2-16,18-21H,17H2,1H3,(H,36,38)(H,39,40)/t21-/m0/s1. The number of nitrogens with one attached hydrogen (secondary N) is 1. The van der Waals surface area contributed by atoms with E-state index in [9.17, 15) is 14.7 Å². The molecule has 0 unspecified atom stereocenters. The number of pyridine rings is 2. The molecule has 0 aliphatic rings. The number of nitrogens with zero attached hydrogens (tertiary/aromatic N) is 3. The maximum atomic E-state index is 13.8. The molecular weight excluding hydrogens is 500 g/mol. The zero-order chi connectivity index (χ0) is 27.6. The van der Waals surface area contributed by atoms with E-state index in [1.54, 1.807) is 36.7 Å². The Kier molecular flexibility index (Phi) is 6.54. The van der Waals surface area contributed by atoms with Gasteiger partial charge in [-0.3, -0.25) is 14.2 Å². The van der Waals surface area contributed by atoms with Crippen LogP contribution < -0.4 is 5.32 Å². The predicted octanol–water partition coefficient (Wildman–Crippen LogP) is 6.33. The Morgan fingerprint density at radius 1 is 0.875 bits per heavy atom. The van der Waals surface area contributed by atoms with Gasteiger partial charge in [0.1, 0.15) is 11.5 Å². The fourth-order valence-corrected chi connectivity index (χ4v) is 4.97. The van der Waals surface area contributed by atoms with Crippen LogP contribution in [0.25, 0.3) is 27.5 Å². The van der Waals surface area contributed by atoms with Gasteiger partial charge in [0.05, 0.1) is 28.8 Å². The first-order valence-electron chi connectivity index (χ1n) is 13.0. The molecule has 0 aliphatic carbocycles. The second-order valence-corrected chi connectivity index (χ2v) is 9.76. The van der Waals surface area contributed by atoms with Crippen LogP contribution in [-0.4, -0.2) is 31.4 Å². The van der Waals surface area contributed by atoms with Crippen molar-refractivity contribution in [1.82, 2.24) is 19.7 Å². The molecule has 0 aliphatic heterocycles. The largest absolute Gasteiger partial charge is 0.478 e. The second-order valence-electron chi connectivity index (χ2n) is 9.76. The van der Waals surface area contributed by atoms with Gasteiger partial charge in [-0.2, -0.15) is 0 Å². The van der Waals surface area contributed by atoms with E-state index in [2.05, 4.69) is 16.4 Å². The van der Waals surface area contributed by atoms with E-state index in [-0.39, 0.29) is 17.5 Å². The smallest absolute Gasteiger partial charge is 0.335 e. The van der Waals surface area contributed by atoms with E-state index in [0.717, 1.165) is 44.5 Å². The van der Waals surface area contributed by atoms with Gasteiger partial charge in [-0.1, -0.05) is 54.6 Å². The number of imidazole rings is 1. The van der Waals surface area contributed by atoms with Gasteiger partial charge in [0, 0.05) is 18.0 Å². The molecule has 7 heteroatoms. The van der Waals surface area contributed by atoms with E-state index in [0.29, 0.717) is 12.1 Å². The number of hydrogen-bond donors (Lipinski definition) is 2. The topological polar surface area (TPSA) is 96.6 Å². The lowest BCUT2D eigenvalue weighted by atomic mass is 10.0. The third-order valence-corrected chi connectivity index (χ3v) is 7.07. The zero-order valence-electron chi connectivity index (χ0n) is 21.8. The number of aromatic nitrogens is 3. The van der Waals surface area contributed by atoms with Gasteiger partial charge in [-0.25, -0.2) is 9.78 Å². The Morgan fingerprint density at radius 3 is 2.45 bits per heavy atom. The first kappa shape index (κ1) is 25.0. The zero-order valence-corrected chi connectivity index (χ0v) is 21.8. The van der Waals surface area contributed by atoms with Crippen molar-refractivity contribution in [2.75, 3.05) is 0 Å². The summed E-state index contributed by atoms with van der Waals surface area (Å²) in [7, 11) is 0. The van der Waals surface area contributed by atoms with Crippen LogP contribution in [-0.2, 0) is 6.42 Å². The molecule has 0 fully saturated rings. The van der Waals surface area contributed by atoms with Crippen LogP contribution >= 0.6 is 0 Å². The predicted molar refractivity (Wildman–Crippen MR) is 154 cm³/mol. The number of fused-ring (bicyclic) bond motifs is 2. The summed E-state index contributed by atoms with van der Waals surface area (Å²) in [5, 5.41) is 13.4. The highest BCUT2D eigenvalue weighted by Crippen LogP contribution is 2.26. The van der Waals surface area contributed by atoms with Crippen LogP contribution in [0.3, 0.4) is 0 Å². The number of amides is 1. The lowest BCUT2D eigenvalue weighted by Gasteiger charge is -2.17. The monoisotopic (exact) mass is 526 g/mol. The van der Waals surface area contributed by atoms with Crippen molar-refractivity contribution in [1.29, 1.82) is 0 Å². The van der Waals surface area contributed by atoms with Gasteiger partial charge < -0.3 is 10.4 Å². The molecular formula is C33H26N4O3.